The van der Waals surface area contributed by atoms with Crippen molar-refractivity contribution in [2.75, 3.05) is 12.0 Å². The molecule has 2 fully saturated rings. The second-order valence-electron chi connectivity index (χ2n) is 8.06. The van der Waals surface area contributed by atoms with Crippen LogP contribution in [0.3, 0.4) is 0 Å². The van der Waals surface area contributed by atoms with Gasteiger partial charge in [-0.15, -0.1) is 0 Å². The van der Waals surface area contributed by atoms with Crippen LogP contribution in [0, 0.1) is 33.8 Å². The normalized spacial score (nSPS) is 25.9. The number of nitrogens with zero attached hydrogens (tertiary/aromatic N) is 2. The minimum Gasteiger partial charge on any atom is -0.495 e. The van der Waals surface area contributed by atoms with Gasteiger partial charge in [0.1, 0.15) is 11.4 Å². The van der Waals surface area contributed by atoms with Crippen molar-refractivity contribution in [3.63, 3.8) is 0 Å². The molecule has 7 heteroatoms. The predicted molar refractivity (Wildman–Crippen MR) is 114 cm³/mol. The van der Waals surface area contributed by atoms with Gasteiger partial charge in [-0.2, -0.15) is 0 Å². The molecular formula is C24H20N2O5. The Morgan fingerprint density at radius 1 is 1.00 bits per heavy atom. The van der Waals surface area contributed by atoms with Crippen LogP contribution in [0.15, 0.2) is 66.3 Å². The van der Waals surface area contributed by atoms with Crippen LogP contribution in [-0.2, 0) is 9.59 Å². The van der Waals surface area contributed by atoms with Gasteiger partial charge in [0.15, 0.2) is 0 Å². The molecule has 5 rings (SSSR count). The molecule has 7 nitrogen and oxygen atoms in total. The van der Waals surface area contributed by atoms with E-state index in [-0.39, 0.29) is 40.8 Å². The fourth-order valence-electron chi connectivity index (χ4n) is 5.32. The molecule has 0 radical (unpaired) electrons. The number of nitro groups is 1. The Labute approximate surface area is 178 Å². The van der Waals surface area contributed by atoms with E-state index in [1.807, 2.05) is 49.4 Å². The number of rotatable bonds is 4. The van der Waals surface area contributed by atoms with E-state index >= 15 is 0 Å². The molecule has 2 bridgehead atoms. The molecule has 1 heterocycles. The summed E-state index contributed by atoms with van der Waals surface area (Å²) in [6.07, 6.45) is 4.04. The fourth-order valence-corrected chi connectivity index (χ4v) is 5.32. The number of amides is 2. The first kappa shape index (κ1) is 19.2. The maximum absolute atomic E-state index is 13.5. The number of fused-ring (bicyclic) bond motifs is 5. The lowest BCUT2D eigenvalue weighted by Gasteiger charge is -2.21. The van der Waals surface area contributed by atoms with Crippen LogP contribution in [-0.4, -0.2) is 23.8 Å². The van der Waals surface area contributed by atoms with Crippen LogP contribution in [0.4, 0.5) is 11.4 Å². The van der Waals surface area contributed by atoms with Gasteiger partial charge in [0.05, 0.1) is 23.9 Å². The zero-order chi connectivity index (χ0) is 21.9. The number of anilines is 1. The van der Waals surface area contributed by atoms with E-state index in [2.05, 4.69) is 0 Å². The van der Waals surface area contributed by atoms with Crippen molar-refractivity contribution in [2.24, 2.45) is 23.7 Å². The summed E-state index contributed by atoms with van der Waals surface area (Å²) in [4.78, 5) is 38.7. The van der Waals surface area contributed by atoms with E-state index in [0.29, 0.717) is 0 Å². The third kappa shape index (κ3) is 2.66. The van der Waals surface area contributed by atoms with Crippen LogP contribution in [0.1, 0.15) is 12.5 Å². The maximum Gasteiger partial charge on any atom is 0.271 e. The van der Waals surface area contributed by atoms with Crippen LogP contribution in [0.5, 0.6) is 5.75 Å². The van der Waals surface area contributed by atoms with Crippen LogP contribution in [0.25, 0.3) is 5.57 Å². The Balaban J connectivity index is 1.57. The van der Waals surface area contributed by atoms with E-state index in [4.69, 9.17) is 4.74 Å². The number of hydrogen-bond donors (Lipinski definition) is 0. The number of carbonyl (C=O) groups is 2. The molecule has 0 aromatic heterocycles. The molecular weight excluding hydrogens is 396 g/mol. The highest BCUT2D eigenvalue weighted by atomic mass is 16.6. The van der Waals surface area contributed by atoms with Crippen LogP contribution in [0.2, 0.25) is 0 Å². The molecule has 156 valence electrons. The maximum atomic E-state index is 13.5. The van der Waals surface area contributed by atoms with Crippen molar-refractivity contribution in [3.05, 3.63) is 81.9 Å². The molecule has 0 N–H and O–H groups in total. The van der Waals surface area contributed by atoms with Crippen molar-refractivity contribution in [2.45, 2.75) is 6.92 Å². The summed E-state index contributed by atoms with van der Waals surface area (Å²) in [7, 11) is 1.41. The number of benzene rings is 2. The van der Waals surface area contributed by atoms with Gasteiger partial charge in [-0.25, -0.2) is 4.90 Å². The summed E-state index contributed by atoms with van der Waals surface area (Å²) in [5, 5.41) is 11.3. The van der Waals surface area contributed by atoms with Gasteiger partial charge in [-0.1, -0.05) is 48.1 Å². The van der Waals surface area contributed by atoms with E-state index in [1.54, 1.807) is 0 Å². The number of ether oxygens (including phenoxy) is 1. The van der Waals surface area contributed by atoms with Crippen molar-refractivity contribution >= 4 is 28.8 Å². The van der Waals surface area contributed by atoms with E-state index in [1.165, 1.54) is 25.3 Å². The zero-order valence-corrected chi connectivity index (χ0v) is 17.0. The highest BCUT2D eigenvalue weighted by Crippen LogP contribution is 2.58. The highest BCUT2D eigenvalue weighted by molar-refractivity contribution is 6.24. The van der Waals surface area contributed by atoms with Gasteiger partial charge in [-0.3, -0.25) is 19.7 Å². The number of nitro benzene ring substituents is 1. The molecule has 0 spiro atoms. The Morgan fingerprint density at radius 3 is 2.16 bits per heavy atom. The lowest BCUT2D eigenvalue weighted by atomic mass is 9.85. The summed E-state index contributed by atoms with van der Waals surface area (Å²) in [6.45, 7) is 2.04. The molecule has 2 aromatic carbocycles. The summed E-state index contributed by atoms with van der Waals surface area (Å²) >= 11 is 0. The monoisotopic (exact) mass is 416 g/mol. The van der Waals surface area contributed by atoms with Gasteiger partial charge in [0.2, 0.25) is 11.8 Å². The molecule has 2 amide bonds. The molecule has 4 atom stereocenters. The Hall–Kier alpha value is -3.74. The summed E-state index contributed by atoms with van der Waals surface area (Å²) < 4.78 is 5.30. The lowest BCUT2D eigenvalue weighted by molar-refractivity contribution is -0.384. The number of methoxy groups -OCH3 is 1. The number of allylic oxidation sites excluding steroid dienone is 4. The summed E-state index contributed by atoms with van der Waals surface area (Å²) in [5.41, 5.74) is 3.22. The van der Waals surface area contributed by atoms with Crippen molar-refractivity contribution in [1.82, 2.24) is 0 Å². The van der Waals surface area contributed by atoms with E-state index < -0.39 is 16.8 Å². The first-order chi connectivity index (χ1) is 14.9. The largest absolute Gasteiger partial charge is 0.495 e. The first-order valence-electron chi connectivity index (χ1n) is 10.1. The minimum absolute atomic E-state index is 0.130. The molecule has 1 saturated heterocycles. The SMILES string of the molecule is COc1ccc([N+](=O)[O-])cc1N1C(=O)[C@@H]2[C@@H](C1=O)[C@H]1C=C[C@H]2C1=C(C)c1ccccc1. The van der Waals surface area contributed by atoms with Gasteiger partial charge >= 0.3 is 0 Å². The smallest absolute Gasteiger partial charge is 0.271 e. The predicted octanol–water partition coefficient (Wildman–Crippen LogP) is 4.00. The lowest BCUT2D eigenvalue weighted by Crippen LogP contribution is -2.33. The third-order valence-electron chi connectivity index (χ3n) is 6.67. The molecule has 1 saturated carbocycles. The first-order valence-corrected chi connectivity index (χ1v) is 10.1. The van der Waals surface area contributed by atoms with Gasteiger partial charge in [-0.05, 0) is 24.1 Å². The van der Waals surface area contributed by atoms with Crippen LogP contribution < -0.4 is 9.64 Å². The standard InChI is InChI=1S/C24H20N2O5/c1-13(14-6-4-3-5-7-14)20-16-9-10-17(20)22-21(16)23(27)25(24(22)28)18-12-15(26(29)30)8-11-19(18)31-2/h3-12,16-17,21-22H,1-2H3/t16-,17-,21-,22-/m0/s1. The molecule has 1 aliphatic heterocycles. The fraction of sp³-hybridized carbons (Fsp3) is 0.250. The zero-order valence-electron chi connectivity index (χ0n) is 17.0. The molecule has 2 aliphatic carbocycles. The number of non-ortho nitro benzene ring substituents is 1. The van der Waals surface area contributed by atoms with Gasteiger partial charge < -0.3 is 4.74 Å². The van der Waals surface area contributed by atoms with Gasteiger partial charge in [0, 0.05) is 24.0 Å². The Kier molecular flexibility index (Phi) is 4.28. The average Bonchev–Trinajstić information content (AvgIpc) is 3.42. The van der Waals surface area contributed by atoms with Crippen molar-refractivity contribution in [1.29, 1.82) is 0 Å². The second-order valence-corrected chi connectivity index (χ2v) is 8.06. The minimum atomic E-state index is -0.551. The molecule has 2 aromatic rings. The number of imide groups is 1. The average molecular weight is 416 g/mol. The van der Waals surface area contributed by atoms with Crippen LogP contribution >= 0.6 is 0 Å². The number of hydrogen-bond acceptors (Lipinski definition) is 5. The van der Waals surface area contributed by atoms with E-state index in [0.717, 1.165) is 21.6 Å². The Morgan fingerprint density at radius 2 is 1.61 bits per heavy atom. The topological polar surface area (TPSA) is 89.8 Å². The Bertz CT molecular complexity index is 1150. The second kappa shape index (κ2) is 6.91. The van der Waals surface area contributed by atoms with E-state index in [9.17, 15) is 19.7 Å². The summed E-state index contributed by atoms with van der Waals surface area (Å²) in [6, 6.07) is 13.9. The third-order valence-corrected chi connectivity index (χ3v) is 6.67. The van der Waals surface area contributed by atoms with Gasteiger partial charge in [0.25, 0.3) is 5.69 Å². The molecule has 0 unspecified atom stereocenters. The quantitative estimate of drug-likeness (QED) is 0.325. The van der Waals surface area contributed by atoms with Crippen molar-refractivity contribution < 1.29 is 19.2 Å². The highest BCUT2D eigenvalue weighted by Gasteiger charge is 2.62. The molecule has 3 aliphatic rings. The molecule has 31 heavy (non-hydrogen) atoms. The number of carbonyl (C=O) groups excluding carboxylic acids is 2. The van der Waals surface area contributed by atoms with Crippen molar-refractivity contribution in [3.8, 4) is 5.75 Å². The summed E-state index contributed by atoms with van der Waals surface area (Å²) in [5.74, 6) is -1.71.